The normalized spacial score (nSPS) is 15.7. The van der Waals surface area contributed by atoms with Gasteiger partial charge in [-0.15, -0.1) is 0 Å². The summed E-state index contributed by atoms with van der Waals surface area (Å²) in [5.41, 5.74) is 2.15. The van der Waals surface area contributed by atoms with E-state index in [4.69, 9.17) is 4.52 Å². The highest BCUT2D eigenvalue weighted by molar-refractivity contribution is 6.22. The van der Waals surface area contributed by atoms with E-state index in [0.29, 0.717) is 29.1 Å². The van der Waals surface area contributed by atoms with Gasteiger partial charge in [0.2, 0.25) is 0 Å². The van der Waals surface area contributed by atoms with E-state index in [0.717, 1.165) is 16.2 Å². The molecule has 0 saturated carbocycles. The lowest BCUT2D eigenvalue weighted by Crippen LogP contribution is -2.43. The molecule has 10 heteroatoms. The maximum atomic E-state index is 13.4. The van der Waals surface area contributed by atoms with E-state index in [2.05, 4.69) is 10.3 Å². The number of nitrogens with zero attached hydrogens (tertiary/aromatic N) is 5. The Hall–Kier alpha value is -3.66. The van der Waals surface area contributed by atoms with Gasteiger partial charge in [-0.25, -0.2) is 9.69 Å². The van der Waals surface area contributed by atoms with Crippen molar-refractivity contribution < 1.29 is 24.3 Å². The van der Waals surface area contributed by atoms with Crippen molar-refractivity contribution in [2.75, 3.05) is 11.5 Å². The van der Waals surface area contributed by atoms with Gasteiger partial charge in [0.1, 0.15) is 17.0 Å². The van der Waals surface area contributed by atoms with Crippen LogP contribution in [-0.4, -0.2) is 54.1 Å². The predicted octanol–water partition coefficient (Wildman–Crippen LogP) is 2.52. The molecule has 0 radical (unpaired) electrons. The number of aliphatic hydroxyl groups excluding tert-OH is 1. The number of phenols is 1. The monoisotopic (exact) mass is 453 g/mol. The van der Waals surface area contributed by atoms with Gasteiger partial charge in [-0.05, 0) is 45.7 Å². The summed E-state index contributed by atoms with van der Waals surface area (Å²) < 4.78 is 6.82. The third-order valence-corrected chi connectivity index (χ3v) is 6.14. The standard InChI is InChI=1S/C23H27N5O5/c1-14-19(15(2)33-25-14)13-26-12-17(10-24-26)28-21(31)23(3,4)27(22(28)32)11-16-6-5-7-20(30)18(16)8-9-29/h5-7,10,12,29-30H,8-9,11,13H2,1-4H3. The minimum atomic E-state index is -1.11. The zero-order chi connectivity index (χ0) is 23.9. The zero-order valence-electron chi connectivity index (χ0n) is 19.1. The molecule has 4 rings (SSSR count). The Bertz CT molecular complexity index is 1190. The highest BCUT2D eigenvalue weighted by Crippen LogP contribution is 2.34. The number of aliphatic hydroxyl groups is 1. The Morgan fingerprint density at radius 2 is 1.88 bits per heavy atom. The number of hydrogen-bond acceptors (Lipinski definition) is 7. The van der Waals surface area contributed by atoms with E-state index in [9.17, 15) is 19.8 Å². The summed E-state index contributed by atoms with van der Waals surface area (Å²) in [6, 6.07) is 4.52. The second-order valence-electron chi connectivity index (χ2n) is 8.66. The Morgan fingerprint density at radius 1 is 1.12 bits per heavy atom. The molecule has 0 spiro atoms. The number of aromatic hydroxyl groups is 1. The van der Waals surface area contributed by atoms with Gasteiger partial charge in [0.25, 0.3) is 5.91 Å². The predicted molar refractivity (Wildman–Crippen MR) is 119 cm³/mol. The largest absolute Gasteiger partial charge is 0.508 e. The minimum absolute atomic E-state index is 0.0507. The smallest absolute Gasteiger partial charge is 0.332 e. The average molecular weight is 453 g/mol. The fourth-order valence-electron chi connectivity index (χ4n) is 4.11. The van der Waals surface area contributed by atoms with Crippen LogP contribution in [0.2, 0.25) is 0 Å². The lowest BCUT2D eigenvalue weighted by atomic mass is 9.99. The van der Waals surface area contributed by atoms with Crippen LogP contribution in [-0.2, 0) is 24.3 Å². The van der Waals surface area contributed by atoms with Crippen LogP contribution < -0.4 is 4.90 Å². The van der Waals surface area contributed by atoms with Gasteiger partial charge < -0.3 is 19.6 Å². The van der Waals surface area contributed by atoms with Crippen molar-refractivity contribution in [3.05, 3.63) is 58.7 Å². The molecule has 1 saturated heterocycles. The molecule has 3 amide bonds. The summed E-state index contributed by atoms with van der Waals surface area (Å²) in [7, 11) is 0. The van der Waals surface area contributed by atoms with Crippen molar-refractivity contribution in [1.82, 2.24) is 19.8 Å². The van der Waals surface area contributed by atoms with Crippen LogP contribution in [0.15, 0.2) is 35.1 Å². The zero-order valence-corrected chi connectivity index (χ0v) is 19.1. The number of carbonyl (C=O) groups is 2. The van der Waals surface area contributed by atoms with Gasteiger partial charge in [-0.1, -0.05) is 17.3 Å². The number of imide groups is 1. The van der Waals surface area contributed by atoms with E-state index in [1.165, 1.54) is 17.2 Å². The minimum Gasteiger partial charge on any atom is -0.508 e. The van der Waals surface area contributed by atoms with E-state index >= 15 is 0 Å². The maximum Gasteiger partial charge on any atom is 0.332 e. The molecule has 3 aromatic rings. The summed E-state index contributed by atoms with van der Waals surface area (Å²) in [4.78, 5) is 29.2. The van der Waals surface area contributed by atoms with Crippen molar-refractivity contribution >= 4 is 17.6 Å². The Labute approximate surface area is 191 Å². The lowest BCUT2D eigenvalue weighted by molar-refractivity contribution is -0.123. The van der Waals surface area contributed by atoms with E-state index in [1.807, 2.05) is 13.8 Å². The van der Waals surface area contributed by atoms with Crippen LogP contribution in [0.25, 0.3) is 0 Å². The number of phenolic OH excluding ortho intramolecular Hbond substituents is 1. The molecule has 0 bridgehead atoms. The van der Waals surface area contributed by atoms with Gasteiger partial charge in [-0.2, -0.15) is 5.10 Å². The number of carbonyl (C=O) groups excluding carboxylic acids is 2. The number of benzene rings is 1. The molecular formula is C23H27N5O5. The highest BCUT2D eigenvalue weighted by atomic mass is 16.5. The molecule has 0 unspecified atom stereocenters. The molecule has 33 heavy (non-hydrogen) atoms. The fourth-order valence-corrected chi connectivity index (χ4v) is 4.11. The SMILES string of the molecule is Cc1noc(C)c1Cn1cc(N2C(=O)N(Cc3cccc(O)c3CCO)C(C)(C)C2=O)cn1. The second kappa shape index (κ2) is 8.36. The molecule has 174 valence electrons. The van der Waals surface area contributed by atoms with Crippen LogP contribution in [0, 0.1) is 13.8 Å². The van der Waals surface area contributed by atoms with Crippen LogP contribution in [0.3, 0.4) is 0 Å². The molecule has 3 heterocycles. The Balaban J connectivity index is 1.61. The highest BCUT2D eigenvalue weighted by Gasteiger charge is 2.52. The van der Waals surface area contributed by atoms with Crippen molar-refractivity contribution in [2.45, 2.75) is 52.7 Å². The summed E-state index contributed by atoms with van der Waals surface area (Å²) in [6.45, 7) is 7.42. The first kappa shape index (κ1) is 22.5. The number of anilines is 1. The lowest BCUT2D eigenvalue weighted by Gasteiger charge is -2.28. The maximum absolute atomic E-state index is 13.4. The van der Waals surface area contributed by atoms with Crippen molar-refractivity contribution in [1.29, 1.82) is 0 Å². The molecule has 1 aliphatic rings. The first-order valence-corrected chi connectivity index (χ1v) is 10.7. The summed E-state index contributed by atoms with van der Waals surface area (Å²) in [5.74, 6) is 0.373. The quantitative estimate of drug-likeness (QED) is 0.527. The van der Waals surface area contributed by atoms with E-state index in [1.54, 1.807) is 36.9 Å². The molecule has 10 nitrogen and oxygen atoms in total. The number of aryl methyl sites for hydroxylation is 2. The Morgan fingerprint density at radius 3 is 2.55 bits per heavy atom. The topological polar surface area (TPSA) is 125 Å². The van der Waals surface area contributed by atoms with Crippen LogP contribution >= 0.6 is 0 Å². The van der Waals surface area contributed by atoms with E-state index < -0.39 is 11.6 Å². The van der Waals surface area contributed by atoms with Crippen LogP contribution in [0.1, 0.15) is 42.0 Å². The Kier molecular flexibility index (Phi) is 5.71. The number of rotatable bonds is 7. The second-order valence-corrected chi connectivity index (χ2v) is 8.66. The molecular weight excluding hydrogens is 426 g/mol. The fraction of sp³-hybridized carbons (Fsp3) is 0.391. The van der Waals surface area contributed by atoms with Gasteiger partial charge in [0, 0.05) is 30.5 Å². The number of urea groups is 1. The van der Waals surface area contributed by atoms with Crippen molar-refractivity contribution in [3.63, 3.8) is 0 Å². The van der Waals surface area contributed by atoms with Gasteiger partial charge in [-0.3, -0.25) is 9.48 Å². The summed E-state index contributed by atoms with van der Waals surface area (Å²) >= 11 is 0. The molecule has 0 atom stereocenters. The average Bonchev–Trinajstić information content (AvgIpc) is 3.39. The molecule has 2 N–H and O–H groups in total. The molecule has 1 aromatic carbocycles. The molecule has 1 fully saturated rings. The third kappa shape index (κ3) is 3.86. The van der Waals surface area contributed by atoms with Crippen LogP contribution in [0.4, 0.5) is 10.5 Å². The summed E-state index contributed by atoms with van der Waals surface area (Å²) in [5, 5.41) is 27.8. The van der Waals surface area contributed by atoms with Gasteiger partial charge in [0.05, 0.1) is 24.1 Å². The van der Waals surface area contributed by atoms with Crippen molar-refractivity contribution in [3.8, 4) is 5.75 Å². The number of aromatic nitrogens is 3. The number of hydrogen-bond donors (Lipinski definition) is 2. The first-order valence-electron chi connectivity index (χ1n) is 10.7. The van der Waals surface area contributed by atoms with E-state index in [-0.39, 0.29) is 31.2 Å². The molecule has 2 aromatic heterocycles. The summed E-state index contributed by atoms with van der Waals surface area (Å²) in [6.07, 6.45) is 3.38. The first-order chi connectivity index (χ1) is 15.6. The van der Waals surface area contributed by atoms with Crippen molar-refractivity contribution in [2.24, 2.45) is 0 Å². The van der Waals surface area contributed by atoms with Gasteiger partial charge in [0.15, 0.2) is 0 Å². The number of amides is 3. The van der Waals surface area contributed by atoms with Gasteiger partial charge >= 0.3 is 6.03 Å². The third-order valence-electron chi connectivity index (χ3n) is 6.14. The van der Waals surface area contributed by atoms with Crippen LogP contribution in [0.5, 0.6) is 5.75 Å². The molecule has 0 aliphatic carbocycles. The molecule has 1 aliphatic heterocycles.